The summed E-state index contributed by atoms with van der Waals surface area (Å²) in [7, 11) is 1.84. The molecule has 0 radical (unpaired) electrons. The predicted molar refractivity (Wildman–Crippen MR) is 91.5 cm³/mol. The first-order chi connectivity index (χ1) is 9.70. The maximum Gasteiger partial charge on any atom is 0.222 e. The van der Waals surface area contributed by atoms with Gasteiger partial charge in [-0.3, -0.25) is 4.79 Å². The number of amides is 1. The number of thiophene rings is 1. The van der Waals surface area contributed by atoms with Gasteiger partial charge in [-0.25, -0.2) is 0 Å². The minimum atomic E-state index is -0.114. The molecule has 0 saturated heterocycles. The molecular formula is C15H18Cl2N2OS. The average molecular weight is 345 g/mol. The molecular weight excluding hydrogens is 327 g/mol. The Labute approximate surface area is 140 Å². The zero-order valence-corrected chi connectivity index (χ0v) is 14.0. The van der Waals surface area contributed by atoms with E-state index in [1.165, 1.54) is 0 Å². The van der Waals surface area contributed by atoms with E-state index in [-0.39, 0.29) is 24.4 Å². The van der Waals surface area contributed by atoms with Crippen molar-refractivity contribution in [2.24, 2.45) is 0 Å². The number of hydrogen-bond donors (Lipinski definition) is 2. The van der Waals surface area contributed by atoms with Crippen LogP contribution in [0.3, 0.4) is 0 Å². The molecule has 0 aliphatic heterocycles. The second kappa shape index (κ2) is 9.05. The molecule has 1 atom stereocenters. The number of hydrogen-bond acceptors (Lipinski definition) is 3. The van der Waals surface area contributed by atoms with Crippen molar-refractivity contribution in [3.63, 3.8) is 0 Å². The van der Waals surface area contributed by atoms with Crippen LogP contribution in [0.25, 0.3) is 0 Å². The molecule has 0 aliphatic rings. The highest BCUT2D eigenvalue weighted by molar-refractivity contribution is 7.10. The minimum absolute atomic E-state index is 0. The van der Waals surface area contributed by atoms with Crippen LogP contribution in [-0.2, 0) is 4.79 Å². The molecule has 1 aromatic carbocycles. The van der Waals surface area contributed by atoms with Gasteiger partial charge < -0.3 is 10.6 Å². The minimum Gasteiger partial charge on any atom is -0.344 e. The van der Waals surface area contributed by atoms with Crippen LogP contribution in [0.5, 0.6) is 0 Å². The fourth-order valence-corrected chi connectivity index (χ4v) is 2.83. The summed E-state index contributed by atoms with van der Waals surface area (Å²) < 4.78 is 0. The van der Waals surface area contributed by atoms with Crippen LogP contribution < -0.4 is 10.6 Å². The lowest BCUT2D eigenvalue weighted by Gasteiger charge is -2.18. The maximum atomic E-state index is 12.0. The average Bonchev–Trinajstić information content (AvgIpc) is 2.97. The van der Waals surface area contributed by atoms with Crippen molar-refractivity contribution in [3.8, 4) is 0 Å². The largest absolute Gasteiger partial charge is 0.344 e. The van der Waals surface area contributed by atoms with E-state index in [0.29, 0.717) is 18.0 Å². The van der Waals surface area contributed by atoms with Crippen molar-refractivity contribution in [1.29, 1.82) is 0 Å². The quantitative estimate of drug-likeness (QED) is 0.839. The van der Waals surface area contributed by atoms with Crippen LogP contribution in [0.1, 0.15) is 22.9 Å². The van der Waals surface area contributed by atoms with Crippen molar-refractivity contribution >= 4 is 41.3 Å². The maximum absolute atomic E-state index is 12.0. The fraction of sp³-hybridized carbons (Fsp3) is 0.267. The lowest BCUT2D eigenvalue weighted by molar-refractivity contribution is -0.121. The van der Waals surface area contributed by atoms with E-state index < -0.39 is 0 Å². The van der Waals surface area contributed by atoms with Gasteiger partial charge in [0.15, 0.2) is 0 Å². The van der Waals surface area contributed by atoms with Gasteiger partial charge in [-0.05, 0) is 36.2 Å². The number of halogens is 2. The molecule has 21 heavy (non-hydrogen) atoms. The van der Waals surface area contributed by atoms with Gasteiger partial charge in [0, 0.05) is 22.9 Å². The molecule has 1 aromatic heterocycles. The Bertz CT molecular complexity index is 543. The SMILES string of the molecule is CNCCC(=O)NC(c1ccc(Cl)cc1)c1cccs1.Cl. The first-order valence-corrected chi connectivity index (χ1v) is 7.69. The molecule has 0 saturated carbocycles. The number of nitrogens with one attached hydrogen (secondary N) is 2. The molecule has 0 spiro atoms. The van der Waals surface area contributed by atoms with E-state index in [9.17, 15) is 4.79 Å². The molecule has 0 aliphatic carbocycles. The Morgan fingerprint density at radius 3 is 2.57 bits per heavy atom. The van der Waals surface area contributed by atoms with E-state index >= 15 is 0 Å². The Balaban J connectivity index is 0.00000220. The molecule has 1 amide bonds. The van der Waals surface area contributed by atoms with Gasteiger partial charge >= 0.3 is 0 Å². The zero-order chi connectivity index (χ0) is 14.4. The van der Waals surface area contributed by atoms with E-state index in [0.717, 1.165) is 10.4 Å². The second-order valence-corrected chi connectivity index (χ2v) is 5.84. The van der Waals surface area contributed by atoms with Crippen LogP contribution in [0.4, 0.5) is 0 Å². The van der Waals surface area contributed by atoms with Gasteiger partial charge in [-0.15, -0.1) is 23.7 Å². The van der Waals surface area contributed by atoms with E-state index in [1.807, 2.05) is 48.8 Å². The summed E-state index contributed by atoms with van der Waals surface area (Å²) in [5.74, 6) is 0.0349. The van der Waals surface area contributed by atoms with Crippen molar-refractivity contribution < 1.29 is 4.79 Å². The molecule has 0 bridgehead atoms. The third kappa shape index (κ3) is 5.32. The number of benzene rings is 1. The number of carbonyl (C=O) groups excluding carboxylic acids is 1. The van der Waals surface area contributed by atoms with Gasteiger partial charge in [-0.1, -0.05) is 29.8 Å². The highest BCUT2D eigenvalue weighted by atomic mass is 35.5. The van der Waals surface area contributed by atoms with Crippen molar-refractivity contribution in [2.45, 2.75) is 12.5 Å². The smallest absolute Gasteiger partial charge is 0.222 e. The van der Waals surface area contributed by atoms with E-state index in [4.69, 9.17) is 11.6 Å². The molecule has 1 heterocycles. The molecule has 114 valence electrons. The molecule has 2 N–H and O–H groups in total. The summed E-state index contributed by atoms with van der Waals surface area (Å²) in [6, 6.07) is 11.5. The van der Waals surface area contributed by atoms with Gasteiger partial charge in [0.25, 0.3) is 0 Å². The van der Waals surface area contributed by atoms with Crippen molar-refractivity contribution in [3.05, 3.63) is 57.2 Å². The summed E-state index contributed by atoms with van der Waals surface area (Å²) in [5.41, 5.74) is 1.04. The monoisotopic (exact) mass is 344 g/mol. The molecule has 0 fully saturated rings. The first kappa shape index (κ1) is 18.0. The standard InChI is InChI=1S/C15H17ClN2OS.ClH/c1-17-9-8-14(19)18-15(13-3-2-10-20-13)11-4-6-12(16)7-5-11;/h2-7,10,15,17H,8-9H2,1H3,(H,18,19);1H. The highest BCUT2D eigenvalue weighted by Gasteiger charge is 2.17. The second-order valence-electron chi connectivity index (χ2n) is 4.42. The summed E-state index contributed by atoms with van der Waals surface area (Å²) in [5, 5.41) is 8.76. The van der Waals surface area contributed by atoms with Crippen LogP contribution in [-0.4, -0.2) is 19.5 Å². The van der Waals surface area contributed by atoms with Crippen molar-refractivity contribution in [2.75, 3.05) is 13.6 Å². The summed E-state index contributed by atoms with van der Waals surface area (Å²) in [4.78, 5) is 13.1. The van der Waals surface area contributed by atoms with Gasteiger partial charge in [0.1, 0.15) is 0 Å². The van der Waals surface area contributed by atoms with Crippen LogP contribution in [0.15, 0.2) is 41.8 Å². The highest BCUT2D eigenvalue weighted by Crippen LogP contribution is 2.27. The first-order valence-electron chi connectivity index (χ1n) is 6.43. The van der Waals surface area contributed by atoms with Crippen LogP contribution in [0.2, 0.25) is 5.02 Å². The Kier molecular flexibility index (Phi) is 7.75. The molecule has 3 nitrogen and oxygen atoms in total. The molecule has 2 rings (SSSR count). The van der Waals surface area contributed by atoms with Crippen LogP contribution >= 0.6 is 35.3 Å². The van der Waals surface area contributed by atoms with Crippen LogP contribution in [0, 0.1) is 0 Å². The normalized spacial score (nSPS) is 11.5. The topological polar surface area (TPSA) is 41.1 Å². The zero-order valence-electron chi connectivity index (χ0n) is 11.6. The fourth-order valence-electron chi connectivity index (χ4n) is 1.90. The molecule has 2 aromatic rings. The lowest BCUT2D eigenvalue weighted by Crippen LogP contribution is -2.30. The van der Waals surface area contributed by atoms with Gasteiger partial charge in [0.05, 0.1) is 6.04 Å². The Hall–Kier alpha value is -1.07. The lowest BCUT2D eigenvalue weighted by atomic mass is 10.1. The Morgan fingerprint density at radius 2 is 2.00 bits per heavy atom. The summed E-state index contributed by atoms with van der Waals surface area (Å²) >= 11 is 7.56. The Morgan fingerprint density at radius 1 is 1.29 bits per heavy atom. The predicted octanol–water partition coefficient (Wildman–Crippen LogP) is 3.64. The van der Waals surface area contributed by atoms with Gasteiger partial charge in [-0.2, -0.15) is 0 Å². The van der Waals surface area contributed by atoms with Crippen molar-refractivity contribution in [1.82, 2.24) is 10.6 Å². The number of carbonyl (C=O) groups is 1. The van der Waals surface area contributed by atoms with E-state index in [2.05, 4.69) is 10.6 Å². The molecule has 6 heteroatoms. The summed E-state index contributed by atoms with van der Waals surface area (Å²) in [6.07, 6.45) is 0.464. The van der Waals surface area contributed by atoms with Gasteiger partial charge in [0.2, 0.25) is 5.91 Å². The number of rotatable bonds is 6. The van der Waals surface area contributed by atoms with E-state index in [1.54, 1.807) is 11.3 Å². The third-order valence-corrected chi connectivity index (χ3v) is 4.13. The summed E-state index contributed by atoms with van der Waals surface area (Å²) in [6.45, 7) is 0.670. The molecule has 1 unspecified atom stereocenters. The third-order valence-electron chi connectivity index (χ3n) is 2.94.